The lowest BCUT2D eigenvalue weighted by Gasteiger charge is -2.14. The van der Waals surface area contributed by atoms with Gasteiger partial charge in [-0.05, 0) is 54.6 Å². The Morgan fingerprint density at radius 2 is 1.44 bits per heavy atom. The van der Waals surface area contributed by atoms with E-state index in [4.69, 9.17) is 0 Å². The van der Waals surface area contributed by atoms with Crippen LogP contribution in [0.15, 0.2) is 77.7 Å². The Balaban J connectivity index is 1.64. The van der Waals surface area contributed by atoms with Gasteiger partial charge in [-0.15, -0.1) is 0 Å². The highest BCUT2D eigenvalue weighted by Crippen LogP contribution is 2.19. The van der Waals surface area contributed by atoms with Crippen LogP contribution in [0.4, 0.5) is 15.8 Å². The average Bonchev–Trinajstić information content (AvgIpc) is 2.78. The van der Waals surface area contributed by atoms with Crippen LogP contribution in [-0.4, -0.2) is 34.3 Å². The Morgan fingerprint density at radius 3 is 2.06 bits per heavy atom. The number of rotatable bonds is 6. The molecule has 0 aromatic heterocycles. The molecule has 0 fully saturated rings. The van der Waals surface area contributed by atoms with Gasteiger partial charge in [0.15, 0.2) is 0 Å². The van der Waals surface area contributed by atoms with Gasteiger partial charge in [-0.1, -0.05) is 18.2 Å². The summed E-state index contributed by atoms with van der Waals surface area (Å²) >= 11 is 0. The third-order valence-electron chi connectivity index (χ3n) is 4.46. The first-order chi connectivity index (χ1) is 15.2. The summed E-state index contributed by atoms with van der Waals surface area (Å²) in [6.45, 7) is 0. The molecule has 8 nitrogen and oxygen atoms in total. The lowest BCUT2D eigenvalue weighted by Crippen LogP contribution is -2.41. The second kappa shape index (κ2) is 9.48. The van der Waals surface area contributed by atoms with E-state index in [9.17, 15) is 22.4 Å². The van der Waals surface area contributed by atoms with Gasteiger partial charge in [0.05, 0.1) is 10.6 Å². The molecule has 32 heavy (non-hydrogen) atoms. The molecule has 0 aliphatic carbocycles. The van der Waals surface area contributed by atoms with Crippen molar-refractivity contribution in [1.29, 1.82) is 0 Å². The van der Waals surface area contributed by atoms with E-state index in [0.717, 1.165) is 11.8 Å². The van der Waals surface area contributed by atoms with Crippen molar-refractivity contribution >= 4 is 33.2 Å². The molecule has 0 atom stereocenters. The first kappa shape index (κ1) is 22.8. The molecule has 10 heteroatoms. The van der Waals surface area contributed by atoms with Crippen molar-refractivity contribution in [3.8, 4) is 0 Å². The Labute approximate surface area is 185 Å². The number of sulfonamides is 1. The van der Waals surface area contributed by atoms with Crippen molar-refractivity contribution in [2.75, 3.05) is 23.7 Å². The van der Waals surface area contributed by atoms with E-state index in [1.807, 2.05) is 25.1 Å². The zero-order valence-electron chi connectivity index (χ0n) is 17.3. The second-order valence-electron chi connectivity index (χ2n) is 6.96. The van der Waals surface area contributed by atoms with E-state index in [0.29, 0.717) is 5.56 Å². The van der Waals surface area contributed by atoms with Gasteiger partial charge in [0.1, 0.15) is 5.82 Å². The minimum atomic E-state index is -4.05. The molecular weight excluding hydrogens is 435 g/mol. The summed E-state index contributed by atoms with van der Waals surface area (Å²) in [7, 11) is -0.363. The van der Waals surface area contributed by atoms with Gasteiger partial charge >= 0.3 is 0 Å². The number of carbonyl (C=O) groups excluding carboxylic acids is 2. The SMILES string of the molecule is CN(C)c1cccc(C(=O)NNC(=O)c2ccc(S(=O)(=O)Nc3ccccc3F)cc2)c1. The van der Waals surface area contributed by atoms with Crippen molar-refractivity contribution in [2.45, 2.75) is 4.90 Å². The number of hydrogen-bond donors (Lipinski definition) is 3. The number of hydrogen-bond acceptors (Lipinski definition) is 5. The normalized spacial score (nSPS) is 10.8. The maximum absolute atomic E-state index is 13.7. The van der Waals surface area contributed by atoms with Crippen LogP contribution >= 0.6 is 0 Å². The second-order valence-corrected chi connectivity index (χ2v) is 8.65. The minimum Gasteiger partial charge on any atom is -0.378 e. The highest BCUT2D eigenvalue weighted by molar-refractivity contribution is 7.92. The van der Waals surface area contributed by atoms with Crippen molar-refractivity contribution in [3.05, 3.63) is 89.7 Å². The molecular formula is C22H21FN4O4S. The molecule has 0 heterocycles. The molecule has 0 bridgehead atoms. The average molecular weight is 456 g/mol. The first-order valence-corrected chi connectivity index (χ1v) is 10.9. The third kappa shape index (κ3) is 5.41. The van der Waals surface area contributed by atoms with Crippen molar-refractivity contribution < 1.29 is 22.4 Å². The molecule has 0 spiro atoms. The summed E-state index contributed by atoms with van der Waals surface area (Å²) in [5, 5.41) is 0. The van der Waals surface area contributed by atoms with Crippen LogP contribution in [0.1, 0.15) is 20.7 Å². The molecule has 3 aromatic rings. The Morgan fingerprint density at radius 1 is 0.812 bits per heavy atom. The van der Waals surface area contributed by atoms with E-state index in [1.165, 1.54) is 42.5 Å². The van der Waals surface area contributed by atoms with Crippen LogP contribution in [0.25, 0.3) is 0 Å². The zero-order chi connectivity index (χ0) is 23.3. The van der Waals surface area contributed by atoms with Crippen LogP contribution in [0.2, 0.25) is 0 Å². The molecule has 166 valence electrons. The molecule has 0 unspecified atom stereocenters. The van der Waals surface area contributed by atoms with Crippen molar-refractivity contribution in [3.63, 3.8) is 0 Å². The fraction of sp³-hybridized carbons (Fsp3) is 0.0909. The highest BCUT2D eigenvalue weighted by atomic mass is 32.2. The zero-order valence-corrected chi connectivity index (χ0v) is 18.1. The van der Waals surface area contributed by atoms with Crippen LogP contribution in [-0.2, 0) is 10.0 Å². The number of benzene rings is 3. The number of halogens is 1. The van der Waals surface area contributed by atoms with Crippen LogP contribution in [0.5, 0.6) is 0 Å². The largest absolute Gasteiger partial charge is 0.378 e. The number of amides is 2. The Hall–Kier alpha value is -3.92. The summed E-state index contributed by atoms with van der Waals surface area (Å²) in [6.07, 6.45) is 0. The molecule has 2 amide bonds. The molecule has 0 saturated heterocycles. The summed E-state index contributed by atoms with van der Waals surface area (Å²) in [5.74, 6) is -1.85. The van der Waals surface area contributed by atoms with Crippen LogP contribution in [0.3, 0.4) is 0 Å². The quantitative estimate of drug-likeness (QED) is 0.495. The number of nitrogens with zero attached hydrogens (tertiary/aromatic N) is 1. The first-order valence-electron chi connectivity index (χ1n) is 9.43. The number of anilines is 2. The molecule has 0 saturated carbocycles. The molecule has 3 rings (SSSR count). The van der Waals surface area contributed by atoms with E-state index in [-0.39, 0.29) is 16.1 Å². The summed E-state index contributed by atoms with van der Waals surface area (Å²) in [4.78, 5) is 26.3. The van der Waals surface area contributed by atoms with Crippen molar-refractivity contribution in [2.24, 2.45) is 0 Å². The van der Waals surface area contributed by atoms with Gasteiger partial charge in [-0.25, -0.2) is 12.8 Å². The molecule has 0 aliphatic heterocycles. The van der Waals surface area contributed by atoms with Gasteiger partial charge in [-0.3, -0.25) is 25.2 Å². The summed E-state index contributed by atoms with van der Waals surface area (Å²) < 4.78 is 40.8. The molecule has 3 aromatic carbocycles. The van der Waals surface area contributed by atoms with Gasteiger partial charge in [0, 0.05) is 30.9 Å². The number of hydrazine groups is 1. The molecule has 3 N–H and O–H groups in total. The predicted octanol–water partition coefficient (Wildman–Crippen LogP) is 2.77. The Kier molecular flexibility index (Phi) is 6.74. The van der Waals surface area contributed by atoms with Gasteiger partial charge in [0.2, 0.25) is 0 Å². The van der Waals surface area contributed by atoms with Gasteiger partial charge < -0.3 is 4.90 Å². The van der Waals surface area contributed by atoms with Crippen molar-refractivity contribution in [1.82, 2.24) is 10.9 Å². The van der Waals surface area contributed by atoms with Gasteiger partial charge in [-0.2, -0.15) is 0 Å². The van der Waals surface area contributed by atoms with Crippen LogP contribution in [0, 0.1) is 5.82 Å². The Bertz CT molecular complexity index is 1240. The minimum absolute atomic E-state index is 0.122. The highest BCUT2D eigenvalue weighted by Gasteiger charge is 2.17. The standard InChI is InChI=1S/C22H21FN4O4S/c1-27(2)17-7-5-6-16(14-17)22(29)25-24-21(28)15-10-12-18(13-11-15)32(30,31)26-20-9-4-3-8-19(20)23/h3-14,26H,1-2H3,(H,24,28)(H,25,29). The maximum Gasteiger partial charge on any atom is 0.269 e. The fourth-order valence-corrected chi connectivity index (χ4v) is 3.78. The predicted molar refractivity (Wildman–Crippen MR) is 119 cm³/mol. The van der Waals surface area contributed by atoms with Crippen LogP contribution < -0.4 is 20.5 Å². The smallest absolute Gasteiger partial charge is 0.269 e. The number of para-hydroxylation sites is 1. The van der Waals surface area contributed by atoms with E-state index >= 15 is 0 Å². The summed E-state index contributed by atoms with van der Waals surface area (Å²) in [5.41, 5.74) is 5.72. The maximum atomic E-state index is 13.7. The number of carbonyl (C=O) groups is 2. The number of nitrogens with one attached hydrogen (secondary N) is 3. The van der Waals surface area contributed by atoms with Gasteiger partial charge in [0.25, 0.3) is 21.8 Å². The lowest BCUT2D eigenvalue weighted by molar-refractivity contribution is 0.0846. The third-order valence-corrected chi connectivity index (χ3v) is 5.84. The lowest BCUT2D eigenvalue weighted by atomic mass is 10.2. The summed E-state index contributed by atoms with van der Waals surface area (Å²) in [6, 6.07) is 17.2. The topological polar surface area (TPSA) is 108 Å². The van der Waals surface area contributed by atoms with E-state index in [1.54, 1.807) is 18.2 Å². The fourth-order valence-electron chi connectivity index (χ4n) is 2.72. The molecule has 0 aliphatic rings. The molecule has 0 radical (unpaired) electrons. The monoisotopic (exact) mass is 456 g/mol. The van der Waals surface area contributed by atoms with E-state index < -0.39 is 27.7 Å². The van der Waals surface area contributed by atoms with E-state index in [2.05, 4.69) is 15.6 Å².